The molecule has 0 saturated carbocycles. The number of allylic oxidation sites excluding steroid dienone is 5. The minimum Gasteiger partial charge on any atom is -0.0988 e. The third kappa shape index (κ3) is 3.41. The van der Waals surface area contributed by atoms with Crippen LogP contribution in [0.1, 0.15) is 6.92 Å². The molecule has 0 amide bonds. The molecule has 8 heavy (non-hydrogen) atoms. The molecule has 0 saturated heterocycles. The van der Waals surface area contributed by atoms with Crippen molar-refractivity contribution in [3.05, 3.63) is 43.4 Å². The molecule has 43 valence electrons. The topological polar surface area (TPSA) is 0 Å². The summed E-state index contributed by atoms with van der Waals surface area (Å²) in [5.41, 5.74) is 1.16. The van der Waals surface area contributed by atoms with E-state index in [0.29, 0.717) is 0 Å². The molecule has 0 bridgehead atoms. The molecule has 0 aromatic heterocycles. The van der Waals surface area contributed by atoms with E-state index in [9.17, 15) is 0 Å². The summed E-state index contributed by atoms with van der Waals surface area (Å²) in [4.78, 5) is 0. The molecule has 1 radical (unpaired) electrons. The van der Waals surface area contributed by atoms with Crippen LogP contribution in [0.15, 0.2) is 36.5 Å². The Morgan fingerprint density at radius 1 is 1.50 bits per heavy atom. The van der Waals surface area contributed by atoms with Crippen molar-refractivity contribution in [2.75, 3.05) is 0 Å². The first kappa shape index (κ1) is 7.22. The lowest BCUT2D eigenvalue weighted by Gasteiger charge is -1.81. The zero-order chi connectivity index (χ0) is 6.41. The standard InChI is InChI=1S/C8H11/c1-4-6-7-8(3)5-2/h4-7H,1-2H2,3H3/b6-4-,8-7?. The maximum atomic E-state index is 3.59. The van der Waals surface area contributed by atoms with Gasteiger partial charge in [0.25, 0.3) is 0 Å². The van der Waals surface area contributed by atoms with Crippen molar-refractivity contribution < 1.29 is 0 Å². The van der Waals surface area contributed by atoms with Crippen LogP contribution in [0.5, 0.6) is 0 Å². The van der Waals surface area contributed by atoms with E-state index in [1.54, 1.807) is 12.2 Å². The summed E-state index contributed by atoms with van der Waals surface area (Å²) in [6.45, 7) is 9.12. The second-order valence-electron chi connectivity index (χ2n) is 1.54. The van der Waals surface area contributed by atoms with Crippen molar-refractivity contribution in [2.45, 2.75) is 6.92 Å². The quantitative estimate of drug-likeness (QED) is 0.475. The van der Waals surface area contributed by atoms with Crippen molar-refractivity contribution in [2.24, 2.45) is 0 Å². The van der Waals surface area contributed by atoms with E-state index in [4.69, 9.17) is 0 Å². The van der Waals surface area contributed by atoms with Crippen LogP contribution < -0.4 is 0 Å². The highest BCUT2D eigenvalue weighted by Crippen LogP contribution is 1.91. The first-order valence-electron chi connectivity index (χ1n) is 2.56. The Labute approximate surface area is 51.2 Å². The van der Waals surface area contributed by atoms with Crippen LogP contribution in [0.2, 0.25) is 0 Å². The SMILES string of the molecule is [CH2]/C=C\C=C(C)C=C. The molecule has 0 heterocycles. The monoisotopic (exact) mass is 107 g/mol. The van der Waals surface area contributed by atoms with E-state index in [2.05, 4.69) is 13.5 Å². The zero-order valence-electron chi connectivity index (χ0n) is 5.22. The third-order valence-electron chi connectivity index (χ3n) is 0.817. The lowest BCUT2D eigenvalue weighted by molar-refractivity contribution is 1.54. The lowest BCUT2D eigenvalue weighted by atomic mass is 10.3. The minimum absolute atomic E-state index is 1.16. The van der Waals surface area contributed by atoms with E-state index in [1.807, 2.05) is 19.1 Å². The average molecular weight is 107 g/mol. The second kappa shape index (κ2) is 4.38. The number of rotatable bonds is 2. The Kier molecular flexibility index (Phi) is 3.95. The van der Waals surface area contributed by atoms with E-state index in [0.717, 1.165) is 5.57 Å². The van der Waals surface area contributed by atoms with Crippen molar-refractivity contribution in [1.82, 2.24) is 0 Å². The molecule has 0 nitrogen and oxygen atoms in total. The summed E-state index contributed by atoms with van der Waals surface area (Å²) in [6, 6.07) is 0. The molecule has 0 heteroatoms. The van der Waals surface area contributed by atoms with Gasteiger partial charge in [-0.05, 0) is 13.8 Å². The van der Waals surface area contributed by atoms with Gasteiger partial charge in [-0.15, -0.1) is 0 Å². The van der Waals surface area contributed by atoms with E-state index in [1.165, 1.54) is 0 Å². The highest BCUT2D eigenvalue weighted by molar-refractivity contribution is 5.19. The van der Waals surface area contributed by atoms with Gasteiger partial charge in [0, 0.05) is 0 Å². The Hall–Kier alpha value is -0.780. The van der Waals surface area contributed by atoms with Gasteiger partial charge in [-0.2, -0.15) is 0 Å². The van der Waals surface area contributed by atoms with Crippen LogP contribution >= 0.6 is 0 Å². The molecular weight excluding hydrogens is 96.1 g/mol. The van der Waals surface area contributed by atoms with Crippen LogP contribution in [-0.2, 0) is 0 Å². The summed E-state index contributed by atoms with van der Waals surface area (Å²) < 4.78 is 0. The van der Waals surface area contributed by atoms with Crippen molar-refractivity contribution in [3.63, 3.8) is 0 Å². The summed E-state index contributed by atoms with van der Waals surface area (Å²) in [5.74, 6) is 0. The zero-order valence-corrected chi connectivity index (χ0v) is 5.22. The van der Waals surface area contributed by atoms with Gasteiger partial charge in [0.1, 0.15) is 0 Å². The number of hydrogen-bond donors (Lipinski definition) is 0. The molecule has 0 spiro atoms. The summed E-state index contributed by atoms with van der Waals surface area (Å²) in [6.07, 6.45) is 7.39. The van der Waals surface area contributed by atoms with Gasteiger partial charge < -0.3 is 0 Å². The Morgan fingerprint density at radius 2 is 2.12 bits per heavy atom. The van der Waals surface area contributed by atoms with Crippen LogP contribution in [-0.4, -0.2) is 0 Å². The summed E-state index contributed by atoms with van der Waals surface area (Å²) >= 11 is 0. The normalized spacial score (nSPS) is 12.5. The van der Waals surface area contributed by atoms with E-state index >= 15 is 0 Å². The molecular formula is C8H11. The van der Waals surface area contributed by atoms with Crippen LogP contribution in [0, 0.1) is 6.92 Å². The Bertz CT molecular complexity index is 116. The molecule has 0 N–H and O–H groups in total. The maximum absolute atomic E-state index is 3.59. The fourth-order valence-corrected chi connectivity index (χ4v) is 0.288. The molecule has 0 rings (SSSR count). The van der Waals surface area contributed by atoms with Gasteiger partial charge in [-0.25, -0.2) is 0 Å². The largest absolute Gasteiger partial charge is 0.0988 e. The molecule has 0 aliphatic heterocycles. The highest BCUT2D eigenvalue weighted by atomic mass is 13.8. The molecule has 0 aromatic carbocycles. The van der Waals surface area contributed by atoms with Gasteiger partial charge >= 0.3 is 0 Å². The van der Waals surface area contributed by atoms with Gasteiger partial charge in [0.15, 0.2) is 0 Å². The molecule has 0 unspecified atom stereocenters. The molecule has 0 aliphatic carbocycles. The predicted molar refractivity (Wildman–Crippen MR) is 38.5 cm³/mol. The van der Waals surface area contributed by atoms with Crippen LogP contribution in [0.3, 0.4) is 0 Å². The average Bonchev–Trinajstić information content (AvgIpc) is 1.83. The van der Waals surface area contributed by atoms with Gasteiger partial charge in [0.2, 0.25) is 0 Å². The third-order valence-corrected chi connectivity index (χ3v) is 0.817. The minimum atomic E-state index is 1.16. The number of hydrogen-bond acceptors (Lipinski definition) is 0. The molecule has 0 fully saturated rings. The second-order valence-corrected chi connectivity index (χ2v) is 1.54. The highest BCUT2D eigenvalue weighted by Gasteiger charge is 1.70. The maximum Gasteiger partial charge on any atom is -0.0313 e. The van der Waals surface area contributed by atoms with Crippen molar-refractivity contribution in [1.29, 1.82) is 0 Å². The van der Waals surface area contributed by atoms with Crippen LogP contribution in [0.25, 0.3) is 0 Å². The smallest absolute Gasteiger partial charge is 0.0313 e. The van der Waals surface area contributed by atoms with Gasteiger partial charge in [0.05, 0.1) is 0 Å². The lowest BCUT2D eigenvalue weighted by Crippen LogP contribution is -1.60. The van der Waals surface area contributed by atoms with Gasteiger partial charge in [-0.3, -0.25) is 0 Å². The Balaban J connectivity index is 3.74. The van der Waals surface area contributed by atoms with Crippen molar-refractivity contribution in [3.8, 4) is 0 Å². The van der Waals surface area contributed by atoms with Crippen LogP contribution in [0.4, 0.5) is 0 Å². The summed E-state index contributed by atoms with van der Waals surface area (Å²) in [7, 11) is 0. The summed E-state index contributed by atoms with van der Waals surface area (Å²) in [5, 5.41) is 0. The molecule has 0 aromatic rings. The fraction of sp³-hybridized carbons (Fsp3) is 0.125. The van der Waals surface area contributed by atoms with E-state index < -0.39 is 0 Å². The van der Waals surface area contributed by atoms with Crippen molar-refractivity contribution >= 4 is 0 Å². The van der Waals surface area contributed by atoms with Gasteiger partial charge in [-0.1, -0.05) is 36.5 Å². The fourth-order valence-electron chi connectivity index (χ4n) is 0.288. The Morgan fingerprint density at radius 3 is 2.50 bits per heavy atom. The predicted octanol–water partition coefficient (Wildman–Crippen LogP) is 2.51. The molecule has 0 atom stereocenters. The first-order valence-corrected chi connectivity index (χ1v) is 2.56. The molecule has 0 aliphatic rings. The first-order chi connectivity index (χ1) is 3.81. The van der Waals surface area contributed by atoms with E-state index in [-0.39, 0.29) is 0 Å².